The van der Waals surface area contributed by atoms with Crippen molar-refractivity contribution in [1.29, 1.82) is 0 Å². The molecular formula is C17H15N3OS. The second-order valence-electron chi connectivity index (χ2n) is 4.94. The number of benzene rings is 2. The topological polar surface area (TPSA) is 54.9 Å². The van der Waals surface area contributed by atoms with Gasteiger partial charge in [-0.3, -0.25) is 4.79 Å². The normalized spacial score (nSPS) is 10.6. The first-order chi connectivity index (χ1) is 10.7. The lowest BCUT2D eigenvalue weighted by Gasteiger charge is -2.06. The lowest BCUT2D eigenvalue weighted by Crippen LogP contribution is -2.14. The summed E-state index contributed by atoms with van der Waals surface area (Å²) in [5.74, 6) is 0.252. The number of thioether (sulfide) groups is 1. The SMILES string of the molecule is Cc1cccc(NC(=O)CSc2nncc3ccccc23)c1. The van der Waals surface area contributed by atoms with E-state index in [4.69, 9.17) is 0 Å². The molecule has 0 aliphatic carbocycles. The van der Waals surface area contributed by atoms with E-state index in [1.807, 2.05) is 55.5 Å². The van der Waals surface area contributed by atoms with Crippen molar-refractivity contribution < 1.29 is 4.79 Å². The van der Waals surface area contributed by atoms with Crippen LogP contribution < -0.4 is 5.32 Å². The molecule has 1 aromatic heterocycles. The lowest BCUT2D eigenvalue weighted by atomic mass is 10.2. The van der Waals surface area contributed by atoms with Crippen LogP contribution in [0.3, 0.4) is 0 Å². The van der Waals surface area contributed by atoms with Crippen LogP contribution in [-0.4, -0.2) is 21.9 Å². The third-order valence-corrected chi connectivity index (χ3v) is 4.16. The van der Waals surface area contributed by atoms with Crippen LogP contribution in [0.15, 0.2) is 59.8 Å². The zero-order valence-corrected chi connectivity index (χ0v) is 12.9. The fourth-order valence-electron chi connectivity index (χ4n) is 2.16. The Labute approximate surface area is 133 Å². The molecule has 1 heterocycles. The number of hydrogen-bond acceptors (Lipinski definition) is 4. The highest BCUT2D eigenvalue weighted by atomic mass is 32.2. The van der Waals surface area contributed by atoms with Gasteiger partial charge in [-0.1, -0.05) is 48.2 Å². The largest absolute Gasteiger partial charge is 0.325 e. The number of nitrogens with zero attached hydrogens (tertiary/aromatic N) is 2. The molecule has 0 aliphatic rings. The number of aromatic nitrogens is 2. The summed E-state index contributed by atoms with van der Waals surface area (Å²) in [6.45, 7) is 2.00. The van der Waals surface area contributed by atoms with Crippen molar-refractivity contribution in [3.05, 3.63) is 60.3 Å². The van der Waals surface area contributed by atoms with Gasteiger partial charge in [-0.05, 0) is 24.6 Å². The van der Waals surface area contributed by atoms with Crippen LogP contribution in [-0.2, 0) is 4.79 Å². The first kappa shape index (κ1) is 14.5. The Morgan fingerprint density at radius 2 is 2.05 bits per heavy atom. The molecule has 3 rings (SSSR count). The Hall–Kier alpha value is -2.40. The summed E-state index contributed by atoms with van der Waals surface area (Å²) in [5, 5.41) is 13.8. The fraction of sp³-hybridized carbons (Fsp3) is 0.118. The van der Waals surface area contributed by atoms with Gasteiger partial charge in [-0.25, -0.2) is 0 Å². The molecule has 0 saturated carbocycles. The van der Waals surface area contributed by atoms with Crippen LogP contribution in [0.5, 0.6) is 0 Å². The average Bonchev–Trinajstić information content (AvgIpc) is 2.53. The molecule has 1 amide bonds. The van der Waals surface area contributed by atoms with Gasteiger partial charge in [-0.15, -0.1) is 5.10 Å². The highest BCUT2D eigenvalue weighted by Gasteiger charge is 2.08. The molecule has 2 aromatic carbocycles. The highest BCUT2D eigenvalue weighted by molar-refractivity contribution is 8.00. The predicted octanol–water partition coefficient (Wildman–Crippen LogP) is 3.67. The van der Waals surface area contributed by atoms with E-state index in [-0.39, 0.29) is 5.91 Å². The van der Waals surface area contributed by atoms with E-state index in [0.717, 1.165) is 27.0 Å². The minimum atomic E-state index is -0.0506. The third kappa shape index (κ3) is 3.43. The second kappa shape index (κ2) is 6.58. The van der Waals surface area contributed by atoms with E-state index < -0.39 is 0 Å². The van der Waals surface area contributed by atoms with Gasteiger partial charge in [0, 0.05) is 16.5 Å². The number of carbonyl (C=O) groups is 1. The van der Waals surface area contributed by atoms with E-state index >= 15 is 0 Å². The summed E-state index contributed by atoms with van der Waals surface area (Å²) in [6, 6.07) is 15.6. The second-order valence-corrected chi connectivity index (χ2v) is 5.91. The summed E-state index contributed by atoms with van der Waals surface area (Å²) < 4.78 is 0. The maximum Gasteiger partial charge on any atom is 0.234 e. The minimum Gasteiger partial charge on any atom is -0.325 e. The summed E-state index contributed by atoms with van der Waals surface area (Å²) in [6.07, 6.45) is 1.73. The number of anilines is 1. The van der Waals surface area contributed by atoms with Crippen molar-refractivity contribution in [2.45, 2.75) is 11.9 Å². The highest BCUT2D eigenvalue weighted by Crippen LogP contribution is 2.24. The van der Waals surface area contributed by atoms with Crippen LogP contribution in [0.1, 0.15) is 5.56 Å². The maximum atomic E-state index is 12.1. The van der Waals surface area contributed by atoms with Crippen molar-refractivity contribution in [2.75, 3.05) is 11.1 Å². The molecule has 22 heavy (non-hydrogen) atoms. The van der Waals surface area contributed by atoms with E-state index in [2.05, 4.69) is 15.5 Å². The Balaban J connectivity index is 1.68. The molecule has 0 atom stereocenters. The molecule has 4 nitrogen and oxygen atoms in total. The number of nitrogens with one attached hydrogen (secondary N) is 1. The van der Waals surface area contributed by atoms with Crippen LogP contribution in [0.25, 0.3) is 10.8 Å². The quantitative estimate of drug-likeness (QED) is 0.747. The van der Waals surface area contributed by atoms with Gasteiger partial charge in [0.25, 0.3) is 0 Å². The predicted molar refractivity (Wildman–Crippen MR) is 90.1 cm³/mol. The molecule has 0 saturated heterocycles. The molecule has 0 radical (unpaired) electrons. The standard InChI is InChI=1S/C17H15N3OS/c1-12-5-4-7-14(9-12)19-16(21)11-22-17-15-8-3-2-6-13(15)10-18-20-17/h2-10H,11H2,1H3,(H,19,21). The zero-order chi connectivity index (χ0) is 15.4. The minimum absolute atomic E-state index is 0.0506. The van der Waals surface area contributed by atoms with Crippen molar-refractivity contribution in [3.63, 3.8) is 0 Å². The molecule has 1 N–H and O–H groups in total. The van der Waals surface area contributed by atoms with Crippen molar-refractivity contribution >= 4 is 34.1 Å². The Bertz CT molecular complexity index is 814. The summed E-state index contributed by atoms with van der Waals surface area (Å²) in [4.78, 5) is 12.1. The first-order valence-corrected chi connectivity index (χ1v) is 7.91. The Kier molecular flexibility index (Phi) is 4.34. The lowest BCUT2D eigenvalue weighted by molar-refractivity contribution is -0.113. The molecule has 0 spiro atoms. The van der Waals surface area contributed by atoms with Gasteiger partial charge in [0.05, 0.1) is 11.9 Å². The number of carbonyl (C=O) groups excluding carboxylic acids is 1. The molecule has 0 fully saturated rings. The Morgan fingerprint density at radius 1 is 1.18 bits per heavy atom. The van der Waals surface area contributed by atoms with E-state index in [1.165, 1.54) is 11.8 Å². The molecule has 0 bridgehead atoms. The first-order valence-electron chi connectivity index (χ1n) is 6.92. The molecule has 110 valence electrons. The third-order valence-electron chi connectivity index (χ3n) is 3.18. The Morgan fingerprint density at radius 3 is 2.91 bits per heavy atom. The van der Waals surface area contributed by atoms with Gasteiger partial charge in [0.2, 0.25) is 5.91 Å². The van der Waals surface area contributed by atoms with Gasteiger partial charge < -0.3 is 5.32 Å². The number of hydrogen-bond donors (Lipinski definition) is 1. The summed E-state index contributed by atoms with van der Waals surface area (Å²) in [5.41, 5.74) is 1.93. The number of aryl methyl sites for hydroxylation is 1. The molecule has 0 unspecified atom stereocenters. The molecule has 3 aromatic rings. The van der Waals surface area contributed by atoms with Crippen molar-refractivity contribution in [3.8, 4) is 0 Å². The summed E-state index contributed by atoms with van der Waals surface area (Å²) in [7, 11) is 0. The van der Waals surface area contributed by atoms with Crippen LogP contribution >= 0.6 is 11.8 Å². The van der Waals surface area contributed by atoms with Gasteiger partial charge in [-0.2, -0.15) is 5.10 Å². The van der Waals surface area contributed by atoms with Crippen molar-refractivity contribution in [1.82, 2.24) is 10.2 Å². The fourth-order valence-corrected chi connectivity index (χ4v) is 2.95. The number of fused-ring (bicyclic) bond motifs is 1. The van der Waals surface area contributed by atoms with Gasteiger partial charge in [0.1, 0.15) is 5.03 Å². The van der Waals surface area contributed by atoms with Crippen LogP contribution in [0.4, 0.5) is 5.69 Å². The van der Waals surface area contributed by atoms with E-state index in [0.29, 0.717) is 5.75 Å². The van der Waals surface area contributed by atoms with E-state index in [9.17, 15) is 4.79 Å². The summed E-state index contributed by atoms with van der Waals surface area (Å²) >= 11 is 1.40. The van der Waals surface area contributed by atoms with Crippen molar-refractivity contribution in [2.24, 2.45) is 0 Å². The maximum absolute atomic E-state index is 12.1. The average molecular weight is 309 g/mol. The van der Waals surface area contributed by atoms with E-state index in [1.54, 1.807) is 6.20 Å². The molecular weight excluding hydrogens is 294 g/mol. The molecule has 5 heteroatoms. The van der Waals surface area contributed by atoms with Gasteiger partial charge >= 0.3 is 0 Å². The number of rotatable bonds is 4. The van der Waals surface area contributed by atoms with Crippen LogP contribution in [0, 0.1) is 6.92 Å². The molecule has 0 aliphatic heterocycles. The monoisotopic (exact) mass is 309 g/mol. The number of amides is 1. The smallest absolute Gasteiger partial charge is 0.234 e. The van der Waals surface area contributed by atoms with Crippen LogP contribution in [0.2, 0.25) is 0 Å². The van der Waals surface area contributed by atoms with Gasteiger partial charge in [0.15, 0.2) is 0 Å². The zero-order valence-electron chi connectivity index (χ0n) is 12.1.